The first-order valence-corrected chi connectivity index (χ1v) is 8.67. The molecule has 0 unspecified atom stereocenters. The summed E-state index contributed by atoms with van der Waals surface area (Å²) in [6.07, 6.45) is 3.74. The number of amides is 1. The quantitative estimate of drug-likeness (QED) is 0.568. The van der Waals surface area contributed by atoms with Gasteiger partial charge in [-0.15, -0.1) is 0 Å². The molecule has 8 nitrogen and oxygen atoms in total. The normalized spacial score (nSPS) is 10.8. The second-order valence-electron chi connectivity index (χ2n) is 6.24. The second kappa shape index (κ2) is 7.43. The molecule has 140 valence electrons. The van der Waals surface area contributed by atoms with Crippen molar-refractivity contribution in [3.63, 3.8) is 0 Å². The van der Waals surface area contributed by atoms with Gasteiger partial charge in [-0.2, -0.15) is 4.98 Å². The monoisotopic (exact) mass is 375 g/mol. The average Bonchev–Trinajstić information content (AvgIpc) is 3.30. The molecule has 0 fully saturated rings. The Bertz CT molecular complexity index is 1100. The molecule has 4 aromatic rings. The molecule has 0 spiro atoms. The maximum Gasteiger partial charge on any atom is 0.261 e. The number of aryl methyl sites for hydroxylation is 2. The van der Waals surface area contributed by atoms with E-state index in [1.165, 1.54) is 0 Å². The third-order valence-corrected chi connectivity index (χ3v) is 4.26. The van der Waals surface area contributed by atoms with Gasteiger partial charge in [-0.25, -0.2) is 0 Å². The van der Waals surface area contributed by atoms with Crippen LogP contribution >= 0.6 is 0 Å². The number of nitrogens with one attached hydrogen (secondary N) is 1. The van der Waals surface area contributed by atoms with Gasteiger partial charge >= 0.3 is 0 Å². The van der Waals surface area contributed by atoms with Crippen LogP contribution in [0.4, 0.5) is 5.69 Å². The minimum atomic E-state index is -0.273. The van der Waals surface area contributed by atoms with E-state index < -0.39 is 0 Å². The van der Waals surface area contributed by atoms with E-state index >= 15 is 0 Å². The zero-order valence-electron chi connectivity index (χ0n) is 15.3. The van der Waals surface area contributed by atoms with Crippen molar-refractivity contribution in [3.8, 4) is 11.4 Å². The summed E-state index contributed by atoms with van der Waals surface area (Å²) >= 11 is 0. The number of rotatable bonds is 5. The van der Waals surface area contributed by atoms with E-state index in [2.05, 4.69) is 25.6 Å². The van der Waals surface area contributed by atoms with Crippen LogP contribution in [0.2, 0.25) is 0 Å². The molecule has 1 amide bonds. The third-order valence-electron chi connectivity index (χ3n) is 4.26. The highest BCUT2D eigenvalue weighted by atomic mass is 16.5. The fraction of sp³-hybridized carbons (Fsp3) is 0.150. The highest BCUT2D eigenvalue weighted by Crippen LogP contribution is 2.22. The standard InChI is InChI=1S/C20H17N5O3/c1-12-18(13(2)27-24-12)20(26)22-16-8-4-3-6-14(16)10-17-23-19(25-28-17)15-7-5-9-21-11-15/h3-9,11H,10H2,1-2H3,(H,22,26). The number of aromatic nitrogens is 4. The molecule has 3 aromatic heterocycles. The molecule has 0 saturated carbocycles. The van der Waals surface area contributed by atoms with Crippen LogP contribution < -0.4 is 5.32 Å². The summed E-state index contributed by atoms with van der Waals surface area (Å²) in [7, 11) is 0. The number of para-hydroxylation sites is 1. The topological polar surface area (TPSA) is 107 Å². The summed E-state index contributed by atoms with van der Waals surface area (Å²) in [6.45, 7) is 3.44. The molecule has 0 atom stereocenters. The summed E-state index contributed by atoms with van der Waals surface area (Å²) in [6, 6.07) is 11.1. The first kappa shape index (κ1) is 17.6. The van der Waals surface area contributed by atoms with Gasteiger partial charge in [-0.05, 0) is 37.6 Å². The molecule has 0 aliphatic rings. The minimum absolute atomic E-state index is 0.273. The summed E-state index contributed by atoms with van der Waals surface area (Å²) in [5.74, 6) is 1.12. The molecule has 0 aliphatic heterocycles. The van der Waals surface area contributed by atoms with E-state index in [9.17, 15) is 4.79 Å². The molecule has 3 heterocycles. The van der Waals surface area contributed by atoms with Gasteiger partial charge in [0.1, 0.15) is 11.3 Å². The smallest absolute Gasteiger partial charge is 0.261 e. The van der Waals surface area contributed by atoms with Crippen molar-refractivity contribution in [1.29, 1.82) is 0 Å². The second-order valence-corrected chi connectivity index (χ2v) is 6.24. The van der Waals surface area contributed by atoms with Crippen molar-refractivity contribution in [1.82, 2.24) is 20.3 Å². The number of anilines is 1. The van der Waals surface area contributed by atoms with Crippen molar-refractivity contribution < 1.29 is 13.8 Å². The Morgan fingerprint density at radius 2 is 1.93 bits per heavy atom. The van der Waals surface area contributed by atoms with Crippen LogP contribution in [0.1, 0.15) is 33.3 Å². The van der Waals surface area contributed by atoms with Crippen molar-refractivity contribution >= 4 is 11.6 Å². The molecular weight excluding hydrogens is 358 g/mol. The number of pyridine rings is 1. The molecule has 0 saturated heterocycles. The van der Waals surface area contributed by atoms with E-state index in [-0.39, 0.29) is 5.91 Å². The van der Waals surface area contributed by atoms with E-state index in [0.717, 1.165) is 11.1 Å². The van der Waals surface area contributed by atoms with Crippen LogP contribution in [0.25, 0.3) is 11.4 Å². The van der Waals surface area contributed by atoms with Crippen molar-refractivity contribution in [2.24, 2.45) is 0 Å². The Morgan fingerprint density at radius 1 is 1.07 bits per heavy atom. The average molecular weight is 375 g/mol. The minimum Gasteiger partial charge on any atom is -0.361 e. The van der Waals surface area contributed by atoms with Crippen molar-refractivity contribution in [2.45, 2.75) is 20.3 Å². The predicted octanol–water partition coefficient (Wildman–Crippen LogP) is 3.58. The number of benzene rings is 1. The van der Waals surface area contributed by atoms with Gasteiger partial charge < -0.3 is 14.4 Å². The van der Waals surface area contributed by atoms with Crippen LogP contribution in [-0.4, -0.2) is 26.2 Å². The number of carbonyl (C=O) groups is 1. The molecular formula is C20H17N5O3. The lowest BCUT2D eigenvalue weighted by molar-refractivity contribution is 0.102. The number of hydrogen-bond acceptors (Lipinski definition) is 7. The van der Waals surface area contributed by atoms with E-state index in [1.807, 2.05) is 36.4 Å². The van der Waals surface area contributed by atoms with Crippen LogP contribution in [0.5, 0.6) is 0 Å². The number of hydrogen-bond donors (Lipinski definition) is 1. The van der Waals surface area contributed by atoms with Crippen LogP contribution in [0.3, 0.4) is 0 Å². The number of carbonyl (C=O) groups excluding carboxylic acids is 1. The predicted molar refractivity (Wildman–Crippen MR) is 101 cm³/mol. The lowest BCUT2D eigenvalue weighted by Crippen LogP contribution is -2.15. The van der Waals surface area contributed by atoms with E-state index in [4.69, 9.17) is 9.05 Å². The summed E-state index contributed by atoms with van der Waals surface area (Å²) in [5.41, 5.74) is 3.27. The largest absolute Gasteiger partial charge is 0.361 e. The lowest BCUT2D eigenvalue weighted by Gasteiger charge is -2.09. The van der Waals surface area contributed by atoms with Gasteiger partial charge in [-0.1, -0.05) is 28.5 Å². The number of nitrogens with zero attached hydrogens (tertiary/aromatic N) is 4. The van der Waals surface area contributed by atoms with Gasteiger partial charge in [0.15, 0.2) is 0 Å². The Kier molecular flexibility index (Phi) is 4.67. The molecule has 0 aliphatic carbocycles. The first-order valence-electron chi connectivity index (χ1n) is 8.67. The van der Waals surface area contributed by atoms with Gasteiger partial charge in [0.2, 0.25) is 11.7 Å². The van der Waals surface area contributed by atoms with Gasteiger partial charge in [0.05, 0.1) is 12.1 Å². The fourth-order valence-electron chi connectivity index (χ4n) is 2.89. The third kappa shape index (κ3) is 3.52. The highest BCUT2D eigenvalue weighted by Gasteiger charge is 2.19. The molecule has 4 rings (SSSR count). The SMILES string of the molecule is Cc1noc(C)c1C(=O)Nc1ccccc1Cc1nc(-c2cccnc2)no1. The maximum atomic E-state index is 12.6. The van der Waals surface area contributed by atoms with Crippen LogP contribution in [-0.2, 0) is 6.42 Å². The van der Waals surface area contributed by atoms with Gasteiger partial charge in [0, 0.05) is 23.6 Å². The Hall–Kier alpha value is -3.81. The summed E-state index contributed by atoms with van der Waals surface area (Å²) in [4.78, 5) is 21.1. The lowest BCUT2D eigenvalue weighted by atomic mass is 10.1. The maximum absolute atomic E-state index is 12.6. The summed E-state index contributed by atoms with van der Waals surface area (Å²) < 4.78 is 10.4. The van der Waals surface area contributed by atoms with Crippen LogP contribution in [0.15, 0.2) is 57.8 Å². The molecule has 0 radical (unpaired) electrons. The molecule has 28 heavy (non-hydrogen) atoms. The van der Waals surface area contributed by atoms with E-state index in [1.54, 1.807) is 26.2 Å². The van der Waals surface area contributed by atoms with Crippen LogP contribution in [0, 0.1) is 13.8 Å². The van der Waals surface area contributed by atoms with Crippen molar-refractivity contribution in [3.05, 3.63) is 77.3 Å². The zero-order chi connectivity index (χ0) is 19.5. The molecule has 8 heteroatoms. The fourth-order valence-corrected chi connectivity index (χ4v) is 2.89. The zero-order valence-corrected chi connectivity index (χ0v) is 15.3. The molecule has 1 N–H and O–H groups in total. The Labute approximate surface area is 160 Å². The Morgan fingerprint density at radius 3 is 2.68 bits per heavy atom. The highest BCUT2D eigenvalue weighted by molar-refractivity contribution is 6.06. The first-order chi connectivity index (χ1) is 13.6. The van der Waals surface area contributed by atoms with E-state index in [0.29, 0.717) is 40.8 Å². The van der Waals surface area contributed by atoms with Gasteiger partial charge in [0.25, 0.3) is 5.91 Å². The summed E-state index contributed by atoms with van der Waals surface area (Å²) in [5, 5.41) is 10.7. The Balaban J connectivity index is 1.56. The van der Waals surface area contributed by atoms with Crippen molar-refractivity contribution in [2.75, 3.05) is 5.32 Å². The van der Waals surface area contributed by atoms with Gasteiger partial charge in [-0.3, -0.25) is 9.78 Å². The molecule has 0 bridgehead atoms. The molecule has 1 aromatic carbocycles.